The highest BCUT2D eigenvalue weighted by atomic mass is 19.1. The fraction of sp³-hybridized carbons (Fsp3) is 0.161. The second kappa shape index (κ2) is 13.6. The molecule has 0 atom stereocenters. The molecule has 0 aliphatic carbocycles. The highest BCUT2D eigenvalue weighted by Crippen LogP contribution is 2.30. The van der Waals surface area contributed by atoms with E-state index in [0.717, 1.165) is 5.56 Å². The molecule has 0 saturated heterocycles. The summed E-state index contributed by atoms with van der Waals surface area (Å²) in [7, 11) is 1.51. The van der Waals surface area contributed by atoms with Gasteiger partial charge in [-0.25, -0.2) is 9.82 Å². The first-order chi connectivity index (χ1) is 19.1. The van der Waals surface area contributed by atoms with E-state index >= 15 is 0 Å². The zero-order valence-electron chi connectivity index (χ0n) is 21.7. The lowest BCUT2D eigenvalue weighted by Gasteiger charge is -2.13. The Morgan fingerprint density at radius 3 is 2.31 bits per heavy atom. The van der Waals surface area contributed by atoms with Gasteiger partial charge in [0, 0.05) is 11.1 Å². The summed E-state index contributed by atoms with van der Waals surface area (Å²) < 4.78 is 36.6. The molecule has 7 nitrogen and oxygen atoms in total. The summed E-state index contributed by atoms with van der Waals surface area (Å²) in [5, 5.41) is 4.06. The van der Waals surface area contributed by atoms with E-state index < -0.39 is 5.91 Å². The molecule has 39 heavy (non-hydrogen) atoms. The number of hydrogen-bond donors (Lipinski definition) is 1. The summed E-state index contributed by atoms with van der Waals surface area (Å²) in [4.78, 5) is 12.7. The van der Waals surface area contributed by atoms with E-state index in [0.29, 0.717) is 52.9 Å². The number of nitrogens with zero attached hydrogens (tertiary/aromatic N) is 1. The molecule has 4 rings (SSSR count). The van der Waals surface area contributed by atoms with Crippen molar-refractivity contribution in [1.82, 2.24) is 5.43 Å². The third-order valence-electron chi connectivity index (χ3n) is 5.65. The molecule has 0 heterocycles. The van der Waals surface area contributed by atoms with E-state index in [2.05, 4.69) is 10.5 Å². The van der Waals surface area contributed by atoms with Gasteiger partial charge >= 0.3 is 0 Å². The molecule has 0 bridgehead atoms. The molecule has 0 radical (unpaired) electrons. The van der Waals surface area contributed by atoms with E-state index in [1.165, 1.54) is 19.4 Å². The summed E-state index contributed by atoms with van der Waals surface area (Å²) in [6, 6.07) is 26.3. The number of amides is 1. The summed E-state index contributed by atoms with van der Waals surface area (Å²) in [6.07, 6.45) is 1.49. The Kier molecular flexibility index (Phi) is 9.50. The molecule has 0 aromatic heterocycles. The molecular weight excluding hydrogens is 499 g/mol. The first kappa shape index (κ1) is 27.2. The number of halogens is 1. The molecular formula is C31H29FN2O5. The smallest absolute Gasteiger partial charge is 0.271 e. The van der Waals surface area contributed by atoms with Crippen LogP contribution in [0.2, 0.25) is 0 Å². The van der Waals surface area contributed by atoms with Crippen LogP contribution in [0.5, 0.6) is 23.0 Å². The van der Waals surface area contributed by atoms with Gasteiger partial charge in [-0.1, -0.05) is 48.5 Å². The minimum atomic E-state index is -0.404. The predicted molar refractivity (Wildman–Crippen MR) is 147 cm³/mol. The van der Waals surface area contributed by atoms with Crippen molar-refractivity contribution in [2.24, 2.45) is 5.10 Å². The summed E-state index contributed by atoms with van der Waals surface area (Å²) in [5.74, 6) is 1.19. The highest BCUT2D eigenvalue weighted by molar-refractivity contribution is 5.95. The molecule has 4 aromatic rings. The lowest BCUT2D eigenvalue weighted by atomic mass is 10.2. The fourth-order valence-corrected chi connectivity index (χ4v) is 3.66. The van der Waals surface area contributed by atoms with Gasteiger partial charge < -0.3 is 18.9 Å². The van der Waals surface area contributed by atoms with Gasteiger partial charge in [0.25, 0.3) is 5.91 Å². The lowest BCUT2D eigenvalue weighted by Crippen LogP contribution is -2.17. The van der Waals surface area contributed by atoms with Crippen molar-refractivity contribution in [3.63, 3.8) is 0 Å². The number of benzene rings is 4. The summed E-state index contributed by atoms with van der Waals surface area (Å²) in [6.45, 7) is 2.73. The third kappa shape index (κ3) is 7.58. The predicted octanol–water partition coefficient (Wildman–Crippen LogP) is 6.15. The molecule has 0 unspecified atom stereocenters. The number of nitrogens with one attached hydrogen (secondary N) is 1. The minimum Gasteiger partial charge on any atom is -0.493 e. The van der Waals surface area contributed by atoms with E-state index in [4.69, 9.17) is 18.9 Å². The second-order valence-electron chi connectivity index (χ2n) is 8.36. The van der Waals surface area contributed by atoms with Gasteiger partial charge in [-0.15, -0.1) is 0 Å². The Labute approximate surface area is 226 Å². The molecule has 8 heteroatoms. The van der Waals surface area contributed by atoms with Crippen LogP contribution in [0.15, 0.2) is 96.1 Å². The van der Waals surface area contributed by atoms with Gasteiger partial charge in [0.15, 0.2) is 23.0 Å². The molecule has 0 saturated carbocycles. The van der Waals surface area contributed by atoms with Crippen LogP contribution < -0.4 is 24.4 Å². The highest BCUT2D eigenvalue weighted by Gasteiger charge is 2.12. The van der Waals surface area contributed by atoms with Crippen LogP contribution >= 0.6 is 0 Å². The van der Waals surface area contributed by atoms with Crippen LogP contribution in [0.1, 0.15) is 34.0 Å². The van der Waals surface area contributed by atoms with E-state index in [1.807, 2.05) is 37.3 Å². The number of rotatable bonds is 12. The third-order valence-corrected chi connectivity index (χ3v) is 5.65. The Bertz CT molecular complexity index is 1430. The first-order valence-corrected chi connectivity index (χ1v) is 12.4. The molecule has 0 aliphatic rings. The Balaban J connectivity index is 1.37. The lowest BCUT2D eigenvalue weighted by molar-refractivity contribution is 0.0954. The van der Waals surface area contributed by atoms with Crippen molar-refractivity contribution in [2.75, 3.05) is 13.7 Å². The molecule has 200 valence electrons. The van der Waals surface area contributed by atoms with Gasteiger partial charge in [0.2, 0.25) is 0 Å². The Morgan fingerprint density at radius 1 is 0.821 bits per heavy atom. The van der Waals surface area contributed by atoms with Gasteiger partial charge in [-0.05, 0) is 60.5 Å². The van der Waals surface area contributed by atoms with Gasteiger partial charge in [0.1, 0.15) is 19.0 Å². The van der Waals surface area contributed by atoms with Crippen LogP contribution in [-0.2, 0) is 13.2 Å². The molecule has 1 N–H and O–H groups in total. The van der Waals surface area contributed by atoms with Crippen LogP contribution in [0.4, 0.5) is 4.39 Å². The average Bonchev–Trinajstić information content (AvgIpc) is 2.97. The van der Waals surface area contributed by atoms with Crippen molar-refractivity contribution in [3.8, 4) is 23.0 Å². The van der Waals surface area contributed by atoms with Gasteiger partial charge in [0.05, 0.1) is 19.9 Å². The zero-order valence-corrected chi connectivity index (χ0v) is 21.7. The number of carbonyl (C=O) groups excluding carboxylic acids is 1. The fourth-order valence-electron chi connectivity index (χ4n) is 3.66. The first-order valence-electron chi connectivity index (χ1n) is 12.4. The number of ether oxygens (including phenoxy) is 4. The summed E-state index contributed by atoms with van der Waals surface area (Å²) >= 11 is 0. The quantitative estimate of drug-likeness (QED) is 0.176. The van der Waals surface area contributed by atoms with Crippen molar-refractivity contribution < 1.29 is 28.1 Å². The van der Waals surface area contributed by atoms with Crippen LogP contribution in [0.25, 0.3) is 0 Å². The SMILES string of the molecule is CCOc1cc(C(=O)N/N=C/c2ccc(OCc3ccccc3F)c(OC)c2)ccc1OCc1ccccc1. The largest absolute Gasteiger partial charge is 0.493 e. The molecule has 1 amide bonds. The maximum Gasteiger partial charge on any atom is 0.271 e. The standard InChI is InChI=1S/C31H29FN2O5/c1-3-37-30-18-24(14-16-28(30)38-20-22-9-5-4-6-10-22)31(35)34-33-19-23-13-15-27(29(17-23)36-2)39-21-25-11-7-8-12-26(25)32/h4-19H,3,20-21H2,1-2H3,(H,34,35)/b33-19+. The minimum absolute atomic E-state index is 0.0619. The van der Waals surface area contributed by atoms with Crippen molar-refractivity contribution in [3.05, 3.63) is 119 Å². The number of hydrogen-bond acceptors (Lipinski definition) is 6. The van der Waals surface area contributed by atoms with Crippen molar-refractivity contribution in [1.29, 1.82) is 0 Å². The number of methoxy groups -OCH3 is 1. The van der Waals surface area contributed by atoms with E-state index in [9.17, 15) is 9.18 Å². The molecule has 0 aliphatic heterocycles. The van der Waals surface area contributed by atoms with Crippen LogP contribution in [-0.4, -0.2) is 25.8 Å². The normalized spacial score (nSPS) is 10.7. The van der Waals surface area contributed by atoms with Gasteiger partial charge in [-0.2, -0.15) is 5.10 Å². The van der Waals surface area contributed by atoms with Crippen molar-refractivity contribution in [2.45, 2.75) is 20.1 Å². The Hall–Kier alpha value is -4.85. The number of hydrazone groups is 1. The second-order valence-corrected chi connectivity index (χ2v) is 8.36. The summed E-state index contributed by atoms with van der Waals surface area (Å²) in [5.41, 5.74) is 5.03. The zero-order chi connectivity index (χ0) is 27.5. The Morgan fingerprint density at radius 2 is 1.54 bits per heavy atom. The molecule has 4 aromatic carbocycles. The number of carbonyl (C=O) groups is 1. The maximum atomic E-state index is 13.9. The topological polar surface area (TPSA) is 78.4 Å². The van der Waals surface area contributed by atoms with Crippen LogP contribution in [0, 0.1) is 5.82 Å². The van der Waals surface area contributed by atoms with E-state index in [1.54, 1.807) is 54.6 Å². The maximum absolute atomic E-state index is 13.9. The van der Waals surface area contributed by atoms with Crippen LogP contribution in [0.3, 0.4) is 0 Å². The van der Waals surface area contributed by atoms with Gasteiger partial charge in [-0.3, -0.25) is 4.79 Å². The monoisotopic (exact) mass is 528 g/mol. The molecule has 0 spiro atoms. The van der Waals surface area contributed by atoms with E-state index in [-0.39, 0.29) is 12.4 Å². The molecule has 0 fully saturated rings. The average molecular weight is 529 g/mol. The van der Waals surface area contributed by atoms with Crippen molar-refractivity contribution >= 4 is 12.1 Å².